The third kappa shape index (κ3) is 2.72. The van der Waals surface area contributed by atoms with Gasteiger partial charge in [0.15, 0.2) is 11.6 Å². The van der Waals surface area contributed by atoms with Crippen molar-refractivity contribution >= 4 is 17.3 Å². The van der Waals surface area contributed by atoms with Crippen molar-refractivity contribution in [3.05, 3.63) is 102 Å². The van der Waals surface area contributed by atoms with Gasteiger partial charge >= 0.3 is 0 Å². The number of fused-ring (bicyclic) bond motifs is 3. The van der Waals surface area contributed by atoms with Crippen molar-refractivity contribution in [2.75, 3.05) is 11.4 Å². The highest BCUT2D eigenvalue weighted by atomic mass is 16.2. The van der Waals surface area contributed by atoms with E-state index in [1.165, 1.54) is 5.69 Å². The lowest BCUT2D eigenvalue weighted by Crippen LogP contribution is -2.58. The van der Waals surface area contributed by atoms with Crippen LogP contribution in [0.2, 0.25) is 0 Å². The summed E-state index contributed by atoms with van der Waals surface area (Å²) in [6.07, 6.45) is 2.29. The maximum Gasteiger partial charge on any atom is 0.179 e. The number of benzene rings is 3. The van der Waals surface area contributed by atoms with Crippen LogP contribution in [0, 0.1) is 5.41 Å². The zero-order valence-electron chi connectivity index (χ0n) is 16.3. The standard InChI is InChI=1S/C26H23NO2/c28-24(19-10-3-1-4-11-19)26(25(29)20-12-5-2-6-13-20)18-21-14-7-8-15-22(21)27-17-9-16-23(26)27/h1-8,10-15,23H,9,16-18H2. The molecule has 2 aliphatic rings. The van der Waals surface area contributed by atoms with Gasteiger partial charge in [0.05, 0.1) is 0 Å². The summed E-state index contributed by atoms with van der Waals surface area (Å²) >= 11 is 0. The van der Waals surface area contributed by atoms with Crippen LogP contribution in [0.25, 0.3) is 0 Å². The normalized spacial score (nSPS) is 19.3. The summed E-state index contributed by atoms with van der Waals surface area (Å²) in [5.41, 5.74) is 2.38. The molecule has 2 aliphatic heterocycles. The molecule has 1 fully saturated rings. The first kappa shape index (κ1) is 17.9. The van der Waals surface area contributed by atoms with Gasteiger partial charge in [0.1, 0.15) is 5.41 Å². The van der Waals surface area contributed by atoms with Crippen molar-refractivity contribution < 1.29 is 9.59 Å². The van der Waals surface area contributed by atoms with Crippen LogP contribution in [-0.2, 0) is 6.42 Å². The summed E-state index contributed by atoms with van der Waals surface area (Å²) in [4.78, 5) is 30.4. The number of carbonyl (C=O) groups is 2. The first-order chi connectivity index (χ1) is 14.2. The van der Waals surface area contributed by atoms with Crippen LogP contribution in [0.4, 0.5) is 5.69 Å². The third-order valence-corrected chi connectivity index (χ3v) is 6.47. The third-order valence-electron chi connectivity index (χ3n) is 6.47. The summed E-state index contributed by atoms with van der Waals surface area (Å²) in [6, 6.07) is 26.8. The number of carbonyl (C=O) groups excluding carboxylic acids is 2. The molecular formula is C26H23NO2. The van der Waals surface area contributed by atoms with E-state index in [1.807, 2.05) is 72.8 Å². The van der Waals surface area contributed by atoms with Crippen molar-refractivity contribution in [2.24, 2.45) is 5.41 Å². The van der Waals surface area contributed by atoms with Gasteiger partial charge in [-0.2, -0.15) is 0 Å². The minimum absolute atomic E-state index is 0.0571. The lowest BCUT2D eigenvalue weighted by atomic mass is 9.63. The van der Waals surface area contributed by atoms with Gasteiger partial charge in [-0.25, -0.2) is 0 Å². The summed E-state index contributed by atoms with van der Waals surface area (Å²) in [5.74, 6) is -0.114. The van der Waals surface area contributed by atoms with Crippen LogP contribution in [-0.4, -0.2) is 24.2 Å². The average molecular weight is 381 g/mol. The van der Waals surface area contributed by atoms with Gasteiger partial charge in [-0.3, -0.25) is 9.59 Å². The predicted octanol–water partition coefficient (Wildman–Crippen LogP) is 4.96. The molecular weight excluding hydrogens is 358 g/mol. The van der Waals surface area contributed by atoms with E-state index >= 15 is 0 Å². The molecule has 1 unspecified atom stereocenters. The van der Waals surface area contributed by atoms with E-state index in [4.69, 9.17) is 0 Å². The molecule has 29 heavy (non-hydrogen) atoms. The molecule has 0 amide bonds. The monoisotopic (exact) mass is 381 g/mol. The molecule has 2 heterocycles. The number of rotatable bonds is 4. The largest absolute Gasteiger partial charge is 0.367 e. The fourth-order valence-corrected chi connectivity index (χ4v) is 5.19. The van der Waals surface area contributed by atoms with Crippen molar-refractivity contribution in [1.29, 1.82) is 0 Å². The topological polar surface area (TPSA) is 37.4 Å². The Morgan fingerprint density at radius 3 is 1.93 bits per heavy atom. The molecule has 5 rings (SSSR count). The van der Waals surface area contributed by atoms with Crippen LogP contribution >= 0.6 is 0 Å². The first-order valence-corrected chi connectivity index (χ1v) is 10.3. The van der Waals surface area contributed by atoms with E-state index in [0.29, 0.717) is 17.5 Å². The van der Waals surface area contributed by atoms with E-state index in [-0.39, 0.29) is 17.6 Å². The quantitative estimate of drug-likeness (QED) is 0.473. The van der Waals surface area contributed by atoms with Gasteiger partial charge < -0.3 is 4.90 Å². The molecule has 0 N–H and O–H groups in total. The molecule has 144 valence electrons. The molecule has 3 nitrogen and oxygen atoms in total. The van der Waals surface area contributed by atoms with Gasteiger partial charge in [0.25, 0.3) is 0 Å². The molecule has 3 aromatic rings. The van der Waals surface area contributed by atoms with Crippen molar-refractivity contribution in [3.63, 3.8) is 0 Å². The van der Waals surface area contributed by atoms with Crippen LogP contribution in [0.5, 0.6) is 0 Å². The minimum atomic E-state index is -1.10. The van der Waals surface area contributed by atoms with Gasteiger partial charge in [-0.15, -0.1) is 0 Å². The Labute approximate surface area is 171 Å². The Morgan fingerprint density at radius 1 is 0.759 bits per heavy atom. The van der Waals surface area contributed by atoms with E-state index in [9.17, 15) is 9.59 Å². The van der Waals surface area contributed by atoms with Gasteiger partial charge in [-0.05, 0) is 30.9 Å². The summed E-state index contributed by atoms with van der Waals surface area (Å²) < 4.78 is 0. The molecule has 3 heteroatoms. The Balaban J connectivity index is 1.73. The van der Waals surface area contributed by atoms with Gasteiger partial charge in [-0.1, -0.05) is 78.9 Å². The maximum atomic E-state index is 14.0. The van der Waals surface area contributed by atoms with E-state index in [2.05, 4.69) is 17.0 Å². The summed E-state index contributed by atoms with van der Waals surface area (Å²) in [7, 11) is 0. The molecule has 0 radical (unpaired) electrons. The van der Waals surface area contributed by atoms with Gasteiger partial charge in [0.2, 0.25) is 0 Å². The lowest BCUT2D eigenvalue weighted by molar-refractivity contribution is 0.0606. The Kier molecular flexibility index (Phi) is 4.31. The maximum absolute atomic E-state index is 14.0. The Hall–Kier alpha value is -3.20. The van der Waals surface area contributed by atoms with E-state index in [1.54, 1.807) is 0 Å². The molecule has 0 bridgehead atoms. The average Bonchev–Trinajstić information content (AvgIpc) is 3.29. The van der Waals surface area contributed by atoms with Crippen molar-refractivity contribution in [2.45, 2.75) is 25.3 Å². The molecule has 3 aromatic carbocycles. The molecule has 0 aliphatic carbocycles. The predicted molar refractivity (Wildman–Crippen MR) is 114 cm³/mol. The van der Waals surface area contributed by atoms with Gasteiger partial charge in [0, 0.05) is 29.4 Å². The molecule has 0 spiro atoms. The SMILES string of the molecule is O=C(c1ccccc1)C1(C(=O)c2ccccc2)Cc2ccccc2N2CCCC21. The number of ketones is 2. The zero-order valence-corrected chi connectivity index (χ0v) is 16.3. The van der Waals surface area contributed by atoms with Crippen LogP contribution < -0.4 is 4.90 Å². The smallest absolute Gasteiger partial charge is 0.179 e. The minimum Gasteiger partial charge on any atom is -0.367 e. The molecule has 1 atom stereocenters. The molecule has 0 saturated carbocycles. The van der Waals surface area contributed by atoms with Crippen molar-refractivity contribution in [3.8, 4) is 0 Å². The zero-order chi connectivity index (χ0) is 19.8. The van der Waals surface area contributed by atoms with Crippen LogP contribution in [0.3, 0.4) is 0 Å². The lowest BCUT2D eigenvalue weighted by Gasteiger charge is -2.46. The highest BCUT2D eigenvalue weighted by Gasteiger charge is 2.57. The van der Waals surface area contributed by atoms with Crippen LogP contribution in [0.15, 0.2) is 84.9 Å². The number of hydrogen-bond donors (Lipinski definition) is 0. The highest BCUT2D eigenvalue weighted by molar-refractivity contribution is 6.21. The first-order valence-electron chi connectivity index (χ1n) is 10.3. The second kappa shape index (κ2) is 7.00. The van der Waals surface area contributed by atoms with E-state index < -0.39 is 5.41 Å². The number of anilines is 1. The number of para-hydroxylation sites is 1. The van der Waals surface area contributed by atoms with E-state index in [0.717, 1.165) is 24.9 Å². The number of hydrogen-bond acceptors (Lipinski definition) is 3. The molecule has 1 saturated heterocycles. The van der Waals surface area contributed by atoms with Crippen LogP contribution in [0.1, 0.15) is 39.1 Å². The Bertz CT molecular complexity index is 1010. The highest BCUT2D eigenvalue weighted by Crippen LogP contribution is 2.49. The summed E-state index contributed by atoms with van der Waals surface area (Å²) in [5, 5.41) is 0. The summed E-state index contributed by atoms with van der Waals surface area (Å²) in [6.45, 7) is 0.883. The molecule has 0 aromatic heterocycles. The van der Waals surface area contributed by atoms with Crippen molar-refractivity contribution in [1.82, 2.24) is 0 Å². The second-order valence-corrected chi connectivity index (χ2v) is 8.02. The second-order valence-electron chi connectivity index (χ2n) is 8.02. The number of Topliss-reactive ketones (excluding diaryl/α,β-unsaturated/α-hetero) is 2. The fraction of sp³-hybridized carbons (Fsp3) is 0.231. The number of nitrogens with zero attached hydrogens (tertiary/aromatic N) is 1. The fourth-order valence-electron chi connectivity index (χ4n) is 5.19. The Morgan fingerprint density at radius 2 is 1.31 bits per heavy atom.